The van der Waals surface area contributed by atoms with E-state index in [4.69, 9.17) is 4.42 Å². The topological polar surface area (TPSA) is 106 Å². The van der Waals surface area contributed by atoms with Crippen LogP contribution in [0.5, 0.6) is 0 Å². The highest BCUT2D eigenvalue weighted by Gasteiger charge is 2.69. The maximum Gasteiger partial charge on any atom is 0.269 e. The minimum absolute atomic E-state index is 0.0292. The number of rotatable bonds is 4. The monoisotopic (exact) mass is 443 g/mol. The van der Waals surface area contributed by atoms with Crippen LogP contribution >= 0.6 is 0 Å². The van der Waals surface area contributed by atoms with E-state index in [1.807, 2.05) is 30.3 Å². The molecule has 2 aromatic carbocycles. The highest BCUT2D eigenvalue weighted by Crippen LogP contribution is 2.61. The summed E-state index contributed by atoms with van der Waals surface area (Å²) in [4.78, 5) is 41.1. The van der Waals surface area contributed by atoms with Crippen molar-refractivity contribution >= 4 is 23.1 Å². The molecule has 0 bridgehead atoms. The van der Waals surface area contributed by atoms with Crippen LogP contribution in [-0.2, 0) is 10.3 Å². The maximum atomic E-state index is 14.0. The van der Waals surface area contributed by atoms with Crippen molar-refractivity contribution in [3.63, 3.8) is 0 Å². The number of ketones is 1. The molecule has 1 N–H and O–H groups in total. The number of non-ortho nitro benzene ring substituents is 1. The van der Waals surface area contributed by atoms with Crippen molar-refractivity contribution in [2.45, 2.75) is 30.3 Å². The lowest BCUT2D eigenvalue weighted by Gasteiger charge is -2.36. The lowest BCUT2D eigenvalue weighted by atomic mass is 9.69. The zero-order valence-corrected chi connectivity index (χ0v) is 17.6. The number of nitrogens with one attached hydrogen (secondary N) is 1. The lowest BCUT2D eigenvalue weighted by molar-refractivity contribution is -0.384. The minimum Gasteiger partial charge on any atom is -0.461 e. The van der Waals surface area contributed by atoms with Gasteiger partial charge in [0, 0.05) is 35.3 Å². The number of hydrogen-bond donors (Lipinski definition) is 1. The largest absolute Gasteiger partial charge is 0.461 e. The van der Waals surface area contributed by atoms with Crippen LogP contribution in [0.3, 0.4) is 0 Å². The number of Topliss-reactive ketones (excluding diaryl/α,β-unsaturated/α-hetero) is 1. The molecule has 1 aromatic heterocycles. The number of carbonyl (C=O) groups is 2. The van der Waals surface area contributed by atoms with Gasteiger partial charge in [0.1, 0.15) is 5.54 Å². The molecule has 3 aliphatic heterocycles. The van der Waals surface area contributed by atoms with E-state index >= 15 is 0 Å². The number of hydrogen-bond acceptors (Lipinski definition) is 6. The van der Waals surface area contributed by atoms with Gasteiger partial charge in [0.2, 0.25) is 11.7 Å². The number of amides is 1. The average molecular weight is 443 g/mol. The van der Waals surface area contributed by atoms with Crippen molar-refractivity contribution in [2.75, 3.05) is 11.9 Å². The molecule has 33 heavy (non-hydrogen) atoms. The van der Waals surface area contributed by atoms with Crippen molar-refractivity contribution in [1.29, 1.82) is 0 Å². The number of nitro groups is 1. The van der Waals surface area contributed by atoms with Gasteiger partial charge in [-0.2, -0.15) is 0 Å². The summed E-state index contributed by atoms with van der Waals surface area (Å²) < 4.78 is 5.49. The highest BCUT2D eigenvalue weighted by molar-refractivity contribution is 6.11. The lowest BCUT2D eigenvalue weighted by Crippen LogP contribution is -2.52. The Hall–Kier alpha value is -3.78. The summed E-state index contributed by atoms with van der Waals surface area (Å²) in [5, 5.41) is 14.5. The van der Waals surface area contributed by atoms with Gasteiger partial charge in [0.05, 0.1) is 17.1 Å². The average Bonchev–Trinajstić information content (AvgIpc) is 3.59. The number of fused-ring (bicyclic) bond motifs is 4. The van der Waals surface area contributed by atoms with Crippen LogP contribution in [-0.4, -0.2) is 34.1 Å². The first-order valence-electron chi connectivity index (χ1n) is 11.0. The molecule has 3 aliphatic rings. The van der Waals surface area contributed by atoms with Crippen molar-refractivity contribution in [2.24, 2.45) is 5.92 Å². The number of para-hydroxylation sites is 1. The van der Waals surface area contributed by atoms with Gasteiger partial charge in [-0.15, -0.1) is 0 Å². The maximum absolute atomic E-state index is 14.0. The van der Waals surface area contributed by atoms with Gasteiger partial charge >= 0.3 is 0 Å². The van der Waals surface area contributed by atoms with Crippen molar-refractivity contribution < 1.29 is 18.9 Å². The van der Waals surface area contributed by atoms with E-state index in [0.29, 0.717) is 17.8 Å². The van der Waals surface area contributed by atoms with Crippen molar-refractivity contribution in [1.82, 2.24) is 4.90 Å². The molecule has 4 heterocycles. The van der Waals surface area contributed by atoms with Crippen LogP contribution < -0.4 is 5.32 Å². The number of nitro benzene ring substituents is 1. The van der Waals surface area contributed by atoms with E-state index in [0.717, 1.165) is 18.4 Å². The smallest absolute Gasteiger partial charge is 0.269 e. The third-order valence-corrected chi connectivity index (χ3v) is 7.42. The van der Waals surface area contributed by atoms with Crippen molar-refractivity contribution in [3.8, 4) is 0 Å². The molecule has 3 aromatic rings. The highest BCUT2D eigenvalue weighted by atomic mass is 16.6. The Morgan fingerprint density at radius 3 is 2.79 bits per heavy atom. The van der Waals surface area contributed by atoms with Crippen LogP contribution in [0.25, 0.3) is 0 Å². The first kappa shape index (κ1) is 19.9. The molecule has 6 rings (SSSR count). The molecule has 0 aliphatic carbocycles. The van der Waals surface area contributed by atoms with E-state index in [9.17, 15) is 19.7 Å². The van der Waals surface area contributed by atoms with E-state index in [-0.39, 0.29) is 29.2 Å². The first-order chi connectivity index (χ1) is 16.0. The predicted molar refractivity (Wildman–Crippen MR) is 119 cm³/mol. The number of benzene rings is 2. The van der Waals surface area contributed by atoms with Gasteiger partial charge in [0.25, 0.3) is 5.69 Å². The molecule has 4 atom stereocenters. The number of carbonyl (C=O) groups excluding carboxylic acids is 2. The SMILES string of the molecule is O=C(c1ccco1)[C@@H]1[C@H](c2cccc([N+](=O)[O-])c2)[C@@H]2CCCN2[C@@]12C(=O)Nc1ccccc12. The zero-order valence-electron chi connectivity index (χ0n) is 17.6. The summed E-state index contributed by atoms with van der Waals surface area (Å²) in [5.74, 6) is -1.50. The Morgan fingerprint density at radius 1 is 1.15 bits per heavy atom. The number of anilines is 1. The summed E-state index contributed by atoms with van der Waals surface area (Å²) >= 11 is 0. The standard InChI is InChI=1S/C25H21N3O5/c29-23(20-11-5-13-33-20)22-21(15-6-3-7-16(14-15)28(31)32)19-10-4-12-27(19)25(22)17-8-1-2-9-18(17)26-24(25)30/h1-3,5-9,11,13-14,19,21-22H,4,10,12H2,(H,26,30)/t19-,21+,22-,25+/m0/s1. The van der Waals surface area contributed by atoms with Crippen LogP contribution in [0, 0.1) is 16.0 Å². The molecule has 2 fully saturated rings. The molecule has 0 unspecified atom stereocenters. The van der Waals surface area contributed by atoms with Crippen LogP contribution in [0.1, 0.15) is 40.4 Å². The quantitative estimate of drug-likeness (QED) is 0.370. The molecule has 1 spiro atoms. The fourth-order valence-corrected chi connectivity index (χ4v) is 6.31. The predicted octanol–water partition coefficient (Wildman–Crippen LogP) is 4.10. The van der Waals surface area contributed by atoms with Crippen LogP contribution in [0.15, 0.2) is 71.3 Å². The third kappa shape index (κ3) is 2.61. The molecule has 2 saturated heterocycles. The van der Waals surface area contributed by atoms with Crippen LogP contribution in [0.2, 0.25) is 0 Å². The van der Waals surface area contributed by atoms with Gasteiger partial charge in [0.15, 0.2) is 5.76 Å². The zero-order chi connectivity index (χ0) is 22.7. The van der Waals surface area contributed by atoms with E-state index in [2.05, 4.69) is 10.2 Å². The number of furan rings is 1. The Kier molecular flexibility index (Phi) is 4.28. The van der Waals surface area contributed by atoms with Gasteiger partial charge in [-0.25, -0.2) is 0 Å². The Balaban J connectivity index is 1.62. The van der Waals surface area contributed by atoms with E-state index < -0.39 is 22.3 Å². The molecule has 1 amide bonds. The second-order valence-electron chi connectivity index (χ2n) is 8.87. The Labute approximate surface area is 189 Å². The fraction of sp³-hybridized carbons (Fsp3) is 0.280. The van der Waals surface area contributed by atoms with Crippen molar-refractivity contribution in [3.05, 3.63) is 93.9 Å². The van der Waals surface area contributed by atoms with E-state index in [1.165, 1.54) is 12.3 Å². The van der Waals surface area contributed by atoms with Gasteiger partial charge in [-0.05, 0) is 43.1 Å². The second kappa shape index (κ2) is 7.11. The Bertz CT molecular complexity index is 1290. The molecule has 0 saturated carbocycles. The van der Waals surface area contributed by atoms with Gasteiger partial charge < -0.3 is 9.73 Å². The van der Waals surface area contributed by atoms with Gasteiger partial charge in [-0.1, -0.05) is 30.3 Å². The summed E-state index contributed by atoms with van der Waals surface area (Å²) in [5.41, 5.74) is 0.944. The molecule has 8 heteroatoms. The normalized spacial score (nSPS) is 28.0. The summed E-state index contributed by atoms with van der Waals surface area (Å²) in [7, 11) is 0. The molecule has 0 radical (unpaired) electrons. The first-order valence-corrected chi connectivity index (χ1v) is 11.0. The van der Waals surface area contributed by atoms with Gasteiger partial charge in [-0.3, -0.25) is 24.6 Å². The second-order valence-corrected chi connectivity index (χ2v) is 8.87. The molecule has 8 nitrogen and oxygen atoms in total. The summed E-state index contributed by atoms with van der Waals surface area (Å²) in [6.45, 7) is 0.666. The number of nitrogens with zero attached hydrogens (tertiary/aromatic N) is 2. The third-order valence-electron chi connectivity index (χ3n) is 7.42. The van der Waals surface area contributed by atoms with Crippen LogP contribution in [0.4, 0.5) is 11.4 Å². The fourth-order valence-electron chi connectivity index (χ4n) is 6.31. The molecular formula is C25H21N3O5. The van der Waals surface area contributed by atoms with E-state index in [1.54, 1.807) is 24.3 Å². The minimum atomic E-state index is -1.20. The Morgan fingerprint density at radius 2 is 2.00 bits per heavy atom. The molecule has 166 valence electrons. The summed E-state index contributed by atoms with van der Waals surface area (Å²) in [6, 6.07) is 17.1. The molecular weight excluding hydrogens is 422 g/mol. The summed E-state index contributed by atoms with van der Waals surface area (Å²) in [6.07, 6.45) is 3.13.